The van der Waals surface area contributed by atoms with Crippen LogP contribution in [0.25, 0.3) is 10.9 Å². The van der Waals surface area contributed by atoms with Gasteiger partial charge in [0.25, 0.3) is 5.56 Å². The lowest BCUT2D eigenvalue weighted by Crippen LogP contribution is -2.31. The largest absolute Gasteiger partial charge is 0.324 e. The highest BCUT2D eigenvalue weighted by atomic mass is 32.2. The number of nitrogens with one attached hydrogen (secondary N) is 1. The van der Waals surface area contributed by atoms with E-state index in [0.29, 0.717) is 35.2 Å². The molecule has 1 aromatic heterocycles. The molecule has 1 amide bonds. The molecule has 1 N–H and O–H groups in total. The molecule has 1 heterocycles. The third kappa shape index (κ3) is 4.24. The van der Waals surface area contributed by atoms with Crippen molar-refractivity contribution in [2.24, 2.45) is 0 Å². The zero-order valence-electron chi connectivity index (χ0n) is 17.0. The zero-order chi connectivity index (χ0) is 21.9. The number of nitrogens with zero attached hydrogens (tertiary/aromatic N) is 4. The van der Waals surface area contributed by atoms with E-state index in [9.17, 15) is 18.0 Å². The second-order valence-corrected chi connectivity index (χ2v) is 8.62. The molecule has 2 aromatic carbocycles. The molecular weight excluding hydrogens is 406 g/mol. The normalized spacial score (nSPS) is 11.7. The first-order valence-electron chi connectivity index (χ1n) is 9.51. The van der Waals surface area contributed by atoms with Gasteiger partial charge in [0.15, 0.2) is 0 Å². The van der Waals surface area contributed by atoms with E-state index in [1.165, 1.54) is 16.4 Å². The van der Waals surface area contributed by atoms with Gasteiger partial charge < -0.3 is 5.32 Å². The first-order valence-corrected chi connectivity index (χ1v) is 10.9. The highest BCUT2D eigenvalue weighted by Crippen LogP contribution is 2.23. The molecule has 158 valence electrons. The number of benzene rings is 2. The van der Waals surface area contributed by atoms with Gasteiger partial charge in [0.1, 0.15) is 12.1 Å². The summed E-state index contributed by atoms with van der Waals surface area (Å²) in [4.78, 5) is 25.1. The van der Waals surface area contributed by atoms with E-state index in [2.05, 4.69) is 15.6 Å². The van der Waals surface area contributed by atoms with Crippen molar-refractivity contribution in [1.82, 2.24) is 19.3 Å². The molecule has 0 unspecified atom stereocenters. The van der Waals surface area contributed by atoms with E-state index in [1.807, 2.05) is 0 Å². The minimum absolute atomic E-state index is 0.0924. The molecule has 0 aliphatic carbocycles. The maximum absolute atomic E-state index is 12.8. The Kier molecular flexibility index (Phi) is 6.28. The van der Waals surface area contributed by atoms with E-state index >= 15 is 0 Å². The topological polar surface area (TPSA) is 114 Å². The van der Waals surface area contributed by atoms with Crippen LogP contribution in [0.2, 0.25) is 0 Å². The zero-order valence-corrected chi connectivity index (χ0v) is 17.8. The molecule has 0 aliphatic rings. The lowest BCUT2D eigenvalue weighted by molar-refractivity contribution is -0.117. The summed E-state index contributed by atoms with van der Waals surface area (Å²) in [6.07, 6.45) is 0. The third-order valence-electron chi connectivity index (χ3n) is 4.75. The van der Waals surface area contributed by atoms with E-state index in [0.717, 1.165) is 4.68 Å². The predicted octanol–water partition coefficient (Wildman–Crippen LogP) is 1.77. The molecule has 10 heteroatoms. The highest BCUT2D eigenvalue weighted by Gasteiger charge is 2.22. The number of aryl methyl sites for hydroxylation is 1. The number of fused-ring (bicyclic) bond motifs is 1. The number of amides is 1. The predicted molar refractivity (Wildman–Crippen MR) is 114 cm³/mol. The minimum Gasteiger partial charge on any atom is -0.324 e. The van der Waals surface area contributed by atoms with Crippen molar-refractivity contribution in [3.8, 4) is 0 Å². The monoisotopic (exact) mass is 429 g/mol. The summed E-state index contributed by atoms with van der Waals surface area (Å²) in [6, 6.07) is 11.3. The fourth-order valence-electron chi connectivity index (χ4n) is 3.06. The molecule has 30 heavy (non-hydrogen) atoms. The maximum atomic E-state index is 12.8. The van der Waals surface area contributed by atoms with Crippen LogP contribution >= 0.6 is 0 Å². The standard InChI is InChI=1S/C20H23N5O4S/c1-4-24(5-2)30(28,29)15-11-10-14(3)18(12-15)21-19(26)13-25-20(27)16-8-6-7-9-17(16)22-23-25/h6-12H,4-5,13H2,1-3H3,(H,21,26). The average molecular weight is 430 g/mol. The number of hydrogen-bond acceptors (Lipinski definition) is 6. The van der Waals surface area contributed by atoms with Gasteiger partial charge in [-0.1, -0.05) is 37.3 Å². The maximum Gasteiger partial charge on any atom is 0.278 e. The Labute approximate surface area is 174 Å². The van der Waals surface area contributed by atoms with E-state index in [1.54, 1.807) is 51.1 Å². The number of carbonyl (C=O) groups is 1. The summed E-state index contributed by atoms with van der Waals surface area (Å²) in [5.74, 6) is -0.512. The van der Waals surface area contributed by atoms with E-state index in [4.69, 9.17) is 0 Å². The van der Waals surface area contributed by atoms with Gasteiger partial charge >= 0.3 is 0 Å². The molecule has 0 fully saturated rings. The van der Waals surface area contributed by atoms with Crippen molar-refractivity contribution in [2.75, 3.05) is 18.4 Å². The number of rotatable bonds is 7. The van der Waals surface area contributed by atoms with Gasteiger partial charge in [-0.15, -0.1) is 5.10 Å². The van der Waals surface area contributed by atoms with Gasteiger partial charge in [-0.2, -0.15) is 4.31 Å². The smallest absolute Gasteiger partial charge is 0.278 e. The van der Waals surface area contributed by atoms with Crippen LogP contribution in [0.3, 0.4) is 0 Å². The van der Waals surface area contributed by atoms with Gasteiger partial charge in [-0.05, 0) is 36.8 Å². The third-order valence-corrected chi connectivity index (χ3v) is 6.79. The Bertz CT molecular complexity index is 1250. The molecular formula is C20H23N5O4S. The number of hydrogen-bond donors (Lipinski definition) is 1. The molecule has 0 saturated carbocycles. The number of anilines is 1. The molecule has 9 nitrogen and oxygen atoms in total. The van der Waals surface area contributed by atoms with Crippen LogP contribution < -0.4 is 10.9 Å². The van der Waals surface area contributed by atoms with Crippen LogP contribution in [-0.2, 0) is 21.4 Å². The van der Waals surface area contributed by atoms with Crippen LogP contribution in [0.5, 0.6) is 0 Å². The number of carbonyl (C=O) groups excluding carboxylic acids is 1. The summed E-state index contributed by atoms with van der Waals surface area (Å²) in [5.41, 5.74) is 1.07. The summed E-state index contributed by atoms with van der Waals surface area (Å²) in [6.45, 7) is 5.63. The van der Waals surface area contributed by atoms with Crippen LogP contribution in [-0.4, -0.2) is 46.7 Å². The Hall–Kier alpha value is -3.11. The summed E-state index contributed by atoms with van der Waals surface area (Å²) >= 11 is 0. The van der Waals surface area contributed by atoms with Crippen LogP contribution in [0.15, 0.2) is 52.2 Å². The first kappa shape index (κ1) is 21.6. The molecule has 3 rings (SSSR count). The van der Waals surface area contributed by atoms with Crippen LogP contribution in [0, 0.1) is 6.92 Å². The second kappa shape index (κ2) is 8.72. The lowest BCUT2D eigenvalue weighted by atomic mass is 10.2. The van der Waals surface area contributed by atoms with Gasteiger partial charge in [0.05, 0.1) is 10.3 Å². The van der Waals surface area contributed by atoms with Crippen molar-refractivity contribution < 1.29 is 13.2 Å². The van der Waals surface area contributed by atoms with Crippen molar-refractivity contribution in [3.63, 3.8) is 0 Å². The molecule has 0 atom stereocenters. The van der Waals surface area contributed by atoms with Gasteiger partial charge in [-0.25, -0.2) is 13.1 Å². The Morgan fingerprint density at radius 3 is 2.53 bits per heavy atom. The highest BCUT2D eigenvalue weighted by molar-refractivity contribution is 7.89. The molecule has 3 aromatic rings. The van der Waals surface area contributed by atoms with E-state index < -0.39 is 21.5 Å². The molecule has 0 bridgehead atoms. The Morgan fingerprint density at radius 2 is 1.83 bits per heavy atom. The summed E-state index contributed by atoms with van der Waals surface area (Å²) < 4.78 is 27.8. The second-order valence-electron chi connectivity index (χ2n) is 6.68. The minimum atomic E-state index is -3.66. The molecule has 0 saturated heterocycles. The SMILES string of the molecule is CCN(CC)S(=O)(=O)c1ccc(C)c(NC(=O)Cn2nnc3ccccc3c2=O)c1. The fraction of sp³-hybridized carbons (Fsp3) is 0.300. The van der Waals surface area contributed by atoms with E-state index in [-0.39, 0.29) is 11.4 Å². The Balaban J connectivity index is 1.85. The fourth-order valence-corrected chi connectivity index (χ4v) is 4.55. The lowest BCUT2D eigenvalue weighted by Gasteiger charge is -2.19. The van der Waals surface area contributed by atoms with Crippen molar-refractivity contribution in [3.05, 3.63) is 58.4 Å². The first-order chi connectivity index (χ1) is 14.3. The van der Waals surface area contributed by atoms with Crippen LogP contribution in [0.1, 0.15) is 19.4 Å². The average Bonchev–Trinajstić information content (AvgIpc) is 2.72. The van der Waals surface area contributed by atoms with Crippen molar-refractivity contribution >= 4 is 32.5 Å². The van der Waals surface area contributed by atoms with Gasteiger partial charge in [0.2, 0.25) is 15.9 Å². The quantitative estimate of drug-likeness (QED) is 0.612. The Morgan fingerprint density at radius 1 is 1.13 bits per heavy atom. The van der Waals surface area contributed by atoms with Crippen LogP contribution in [0.4, 0.5) is 5.69 Å². The number of aromatic nitrogens is 3. The van der Waals surface area contributed by atoms with Gasteiger partial charge in [0, 0.05) is 18.8 Å². The summed E-state index contributed by atoms with van der Waals surface area (Å²) in [7, 11) is -3.66. The van der Waals surface area contributed by atoms with Crippen molar-refractivity contribution in [1.29, 1.82) is 0 Å². The molecule has 0 radical (unpaired) electrons. The van der Waals surface area contributed by atoms with Gasteiger partial charge in [-0.3, -0.25) is 9.59 Å². The molecule has 0 aliphatic heterocycles. The van der Waals surface area contributed by atoms with Crippen molar-refractivity contribution in [2.45, 2.75) is 32.2 Å². The number of sulfonamides is 1. The molecule has 0 spiro atoms. The summed E-state index contributed by atoms with van der Waals surface area (Å²) in [5, 5.41) is 10.8.